The number of amidine groups is 1. The molecule has 0 aromatic heterocycles. The van der Waals surface area contributed by atoms with Crippen molar-refractivity contribution in [3.63, 3.8) is 0 Å². The van der Waals surface area contributed by atoms with Crippen molar-refractivity contribution in [2.75, 3.05) is 11.9 Å². The van der Waals surface area contributed by atoms with E-state index in [1.165, 1.54) is 0 Å². The zero-order valence-electron chi connectivity index (χ0n) is 12.4. The van der Waals surface area contributed by atoms with E-state index >= 15 is 0 Å². The third-order valence-corrected chi connectivity index (χ3v) is 15.7. The van der Waals surface area contributed by atoms with Gasteiger partial charge in [0.15, 0.2) is 5.17 Å². The monoisotopic (exact) mass is 455 g/mol. The molecule has 0 N–H and O–H groups in total. The van der Waals surface area contributed by atoms with Crippen molar-refractivity contribution in [2.45, 2.75) is 16.3 Å². The highest BCUT2D eigenvalue weighted by Crippen LogP contribution is 2.44. The summed E-state index contributed by atoms with van der Waals surface area (Å²) >= 11 is 27.9. The molecule has 0 fully saturated rings. The molecular formula is C13H15N2S8-. The van der Waals surface area contributed by atoms with Crippen molar-refractivity contribution in [3.8, 4) is 0 Å². The highest BCUT2D eigenvalue weighted by atomic mass is 33.5. The van der Waals surface area contributed by atoms with Crippen LogP contribution in [0.3, 0.4) is 0 Å². The quantitative estimate of drug-likeness (QED) is 0.423. The summed E-state index contributed by atoms with van der Waals surface area (Å²) in [4.78, 5) is 6.64. The first-order valence-corrected chi connectivity index (χ1v) is 14.9. The van der Waals surface area contributed by atoms with Gasteiger partial charge in [0.25, 0.3) is 0 Å². The molecule has 2 rings (SSSR count). The zero-order valence-corrected chi connectivity index (χ0v) is 19.0. The smallest absolute Gasteiger partial charge is 0.168 e. The second-order valence-corrected chi connectivity index (χ2v) is 18.8. The van der Waals surface area contributed by atoms with Crippen molar-refractivity contribution < 1.29 is 0 Å². The zero-order chi connectivity index (χ0) is 17.4. The Morgan fingerprint density at radius 2 is 1.91 bits per heavy atom. The summed E-state index contributed by atoms with van der Waals surface area (Å²) in [5.74, 6) is 0. The number of hydrogen-bond acceptors (Lipinski definition) is 8. The number of nitrogens with zero attached hydrogens (tertiary/aromatic N) is 2. The number of thiol groups is 1. The molecule has 2 nitrogen and oxygen atoms in total. The van der Waals surface area contributed by atoms with Crippen LogP contribution in [0.2, 0.25) is 0 Å². The summed E-state index contributed by atoms with van der Waals surface area (Å²) in [6.45, 7) is 6.03. The van der Waals surface area contributed by atoms with Gasteiger partial charge in [0.2, 0.25) is 0 Å². The average molecular weight is 456 g/mol. The molecule has 0 spiro atoms. The first-order chi connectivity index (χ1) is 10.6. The Kier molecular flexibility index (Phi) is 6.55. The molecule has 0 amide bonds. The summed E-state index contributed by atoms with van der Waals surface area (Å²) in [7, 11) is 1.14. The molecule has 1 aliphatic rings. The maximum atomic E-state index is 5.50. The number of benzene rings is 1. The van der Waals surface area contributed by atoms with Crippen LogP contribution in [0.25, 0.3) is 0 Å². The predicted octanol–water partition coefficient (Wildman–Crippen LogP) is 3.29. The van der Waals surface area contributed by atoms with Crippen LogP contribution in [0.4, 0.5) is 5.69 Å². The molecule has 0 bridgehead atoms. The molecule has 0 saturated heterocycles. The van der Waals surface area contributed by atoms with Crippen LogP contribution in [0.15, 0.2) is 47.6 Å². The number of hydrogen-bond donors (Lipinski definition) is 1. The fraction of sp³-hybridized carbons (Fsp3) is 0.308. The summed E-state index contributed by atoms with van der Waals surface area (Å²) < 4.78 is -0.643. The molecule has 1 unspecified atom stereocenters. The van der Waals surface area contributed by atoms with Gasteiger partial charge in [-0.2, -0.15) is 0 Å². The molecule has 0 aliphatic carbocycles. The second-order valence-electron chi connectivity index (χ2n) is 5.00. The van der Waals surface area contributed by atoms with E-state index in [2.05, 4.69) is 23.2 Å². The Hall–Kier alpha value is 0.710. The van der Waals surface area contributed by atoms with Crippen molar-refractivity contribution in [3.05, 3.63) is 42.6 Å². The highest BCUT2D eigenvalue weighted by Gasteiger charge is 2.40. The largest absolute Gasteiger partial charge is 0.329 e. The number of rotatable bonds is 4. The molecule has 1 heterocycles. The molecule has 126 valence electrons. The van der Waals surface area contributed by atoms with Crippen LogP contribution in [0.1, 0.15) is 6.92 Å². The molecule has 1 aromatic rings. The van der Waals surface area contributed by atoms with Crippen LogP contribution >= 0.6 is 23.4 Å². The predicted molar refractivity (Wildman–Crippen MR) is 124 cm³/mol. The van der Waals surface area contributed by atoms with Crippen LogP contribution < -0.4 is 4.90 Å². The SMILES string of the molecule is C=C1N=C(N(C)c2ccccc2)S[C@H]1C(C)([S-](=S)=S)S(=S)(=S)S. The molecule has 0 saturated carbocycles. The van der Waals surface area contributed by atoms with E-state index in [0.29, 0.717) is 5.70 Å². The first kappa shape index (κ1) is 20.0. The van der Waals surface area contributed by atoms with Crippen LogP contribution in [0, 0.1) is 0 Å². The van der Waals surface area contributed by atoms with Gasteiger partial charge in [-0.1, -0.05) is 49.6 Å². The fourth-order valence-electron chi connectivity index (χ4n) is 2.02. The molecule has 1 aliphatic heterocycles. The minimum atomic E-state index is -2.10. The van der Waals surface area contributed by atoms with Gasteiger partial charge in [-0.25, -0.2) is 4.99 Å². The standard InChI is InChI=1S/C13H15N2S8/c1-9-11(13(2,22(16)17)23(18,19)20)21-12(14-9)15(3)10-7-5-4-6-8-10/h4-8,11H,1H2,2-3H3,(H,18,19,20)/q-1/t11-,13?/m1/s1. The Labute approximate surface area is 167 Å². The normalized spacial score (nSPS) is 21.1. The lowest BCUT2D eigenvalue weighted by Gasteiger charge is -2.42. The maximum Gasteiger partial charge on any atom is 0.168 e. The van der Waals surface area contributed by atoms with E-state index in [9.17, 15) is 0 Å². The van der Waals surface area contributed by atoms with Gasteiger partial charge in [-0.3, -0.25) is 22.4 Å². The van der Waals surface area contributed by atoms with Gasteiger partial charge in [-0.15, -0.1) is 11.7 Å². The Morgan fingerprint density at radius 3 is 2.39 bits per heavy atom. The third kappa shape index (κ3) is 3.94. The summed E-state index contributed by atoms with van der Waals surface area (Å²) in [5.41, 5.74) is 1.76. The van der Waals surface area contributed by atoms with E-state index < -0.39 is 18.3 Å². The topological polar surface area (TPSA) is 15.6 Å². The van der Waals surface area contributed by atoms with Crippen LogP contribution in [-0.4, -0.2) is 21.5 Å². The minimum absolute atomic E-state index is 0.135. The van der Waals surface area contributed by atoms with Gasteiger partial charge in [0.05, 0.1) is 5.25 Å². The van der Waals surface area contributed by atoms with Crippen LogP contribution in [-0.2, 0) is 58.9 Å². The van der Waals surface area contributed by atoms with Crippen molar-refractivity contribution >= 4 is 93.2 Å². The van der Waals surface area contributed by atoms with Gasteiger partial charge >= 0.3 is 0 Å². The molecular weight excluding hydrogens is 441 g/mol. The first-order valence-electron chi connectivity index (χ1n) is 6.38. The van der Waals surface area contributed by atoms with E-state index in [1.807, 2.05) is 49.2 Å². The van der Waals surface area contributed by atoms with E-state index in [4.69, 9.17) is 44.8 Å². The lowest BCUT2D eigenvalue weighted by atomic mass is 10.2. The molecule has 2 atom stereocenters. The van der Waals surface area contributed by atoms with Crippen molar-refractivity contribution in [2.24, 2.45) is 4.99 Å². The summed E-state index contributed by atoms with van der Waals surface area (Å²) in [6.07, 6.45) is -2.10. The van der Waals surface area contributed by atoms with Gasteiger partial charge in [-0.05, 0) is 38.6 Å². The minimum Gasteiger partial charge on any atom is -0.329 e. The van der Waals surface area contributed by atoms with Gasteiger partial charge in [0, 0.05) is 18.4 Å². The van der Waals surface area contributed by atoms with Crippen molar-refractivity contribution in [1.82, 2.24) is 0 Å². The van der Waals surface area contributed by atoms with E-state index in [1.54, 1.807) is 11.8 Å². The lowest BCUT2D eigenvalue weighted by molar-refractivity contribution is 0.896. The molecule has 0 radical (unpaired) electrons. The summed E-state index contributed by atoms with van der Waals surface area (Å²) in [5, 5.41) is 0.708. The molecule has 1 aromatic carbocycles. The van der Waals surface area contributed by atoms with Crippen molar-refractivity contribution in [1.29, 1.82) is 0 Å². The Bertz CT molecular complexity index is 817. The lowest BCUT2D eigenvalue weighted by Crippen LogP contribution is -2.43. The van der Waals surface area contributed by atoms with E-state index in [-0.39, 0.29) is 5.25 Å². The van der Waals surface area contributed by atoms with Gasteiger partial charge < -0.3 is 12.9 Å². The highest BCUT2D eigenvalue weighted by molar-refractivity contribution is 8.95. The maximum absolute atomic E-state index is 5.50. The summed E-state index contributed by atoms with van der Waals surface area (Å²) in [6, 6.07) is 10.0. The number of aliphatic imine (C=N–C) groups is 1. The fourth-order valence-corrected chi connectivity index (χ4v) is 14.1. The average Bonchev–Trinajstić information content (AvgIpc) is 2.87. The van der Waals surface area contributed by atoms with Crippen LogP contribution in [0.5, 0.6) is 0 Å². The Morgan fingerprint density at radius 1 is 1.35 bits per heavy atom. The Balaban J connectivity index is 2.37. The second kappa shape index (κ2) is 7.53. The van der Waals surface area contributed by atoms with E-state index in [0.717, 1.165) is 10.9 Å². The third-order valence-electron chi connectivity index (χ3n) is 3.51. The molecule has 23 heavy (non-hydrogen) atoms. The van der Waals surface area contributed by atoms with Gasteiger partial charge in [0.1, 0.15) is 0 Å². The number of thioether (sulfide) groups is 1. The number of para-hydroxylation sites is 1. The number of anilines is 1. The molecule has 10 heteroatoms.